The number of hydrogen-bond donors (Lipinski definition) is 2. The summed E-state index contributed by atoms with van der Waals surface area (Å²) in [6, 6.07) is 0. The highest BCUT2D eigenvalue weighted by Crippen LogP contribution is 2.11. The molecular formula is C5H11NO2S. The summed E-state index contributed by atoms with van der Waals surface area (Å²) >= 11 is 3.36. The Bertz CT molecular complexity index is 108. The molecule has 4 heteroatoms. The molecule has 3 nitrogen and oxygen atoms in total. The third kappa shape index (κ3) is 3.37. The van der Waals surface area contributed by atoms with Crippen molar-refractivity contribution in [1.29, 1.82) is 0 Å². The largest absolute Gasteiger partial charge is 0.272 e. The molecule has 0 aromatic heterocycles. The molecule has 0 spiro atoms. The van der Waals surface area contributed by atoms with Crippen molar-refractivity contribution < 1.29 is 9.08 Å². The summed E-state index contributed by atoms with van der Waals surface area (Å²) in [6.07, 6.45) is 0. The van der Waals surface area contributed by atoms with Crippen molar-refractivity contribution in [3.8, 4) is 0 Å². The normalized spacial score (nSPS) is 11.1. The molecule has 0 aromatic carbocycles. The van der Waals surface area contributed by atoms with Crippen molar-refractivity contribution in [2.24, 2.45) is 5.41 Å². The molecule has 0 heterocycles. The van der Waals surface area contributed by atoms with E-state index in [9.17, 15) is 4.79 Å². The lowest BCUT2D eigenvalue weighted by Gasteiger charge is -2.14. The lowest BCUT2D eigenvalue weighted by molar-refractivity contribution is -0.134. The Morgan fingerprint density at radius 3 is 2.11 bits per heavy atom. The van der Waals surface area contributed by atoms with Crippen molar-refractivity contribution in [2.75, 3.05) is 0 Å². The van der Waals surface area contributed by atoms with Crippen LogP contribution in [0.4, 0.5) is 0 Å². The molecule has 0 saturated carbocycles. The van der Waals surface area contributed by atoms with Gasteiger partial charge < -0.3 is 0 Å². The number of hydroxylamine groups is 1. The van der Waals surface area contributed by atoms with E-state index >= 15 is 0 Å². The molecule has 0 aliphatic carbocycles. The summed E-state index contributed by atoms with van der Waals surface area (Å²) in [7, 11) is 0. The van der Waals surface area contributed by atoms with Crippen LogP contribution in [0.2, 0.25) is 0 Å². The first kappa shape index (κ1) is 8.78. The Kier molecular flexibility index (Phi) is 3.00. The van der Waals surface area contributed by atoms with Crippen LogP contribution < -0.4 is 5.48 Å². The molecule has 0 fully saturated rings. The first-order valence-corrected chi connectivity index (χ1v) is 2.96. The van der Waals surface area contributed by atoms with Gasteiger partial charge in [0.25, 0.3) is 0 Å². The topological polar surface area (TPSA) is 38.3 Å². The molecule has 0 rings (SSSR count). The predicted octanol–water partition coefficient (Wildman–Crippen LogP) is 0.925. The van der Waals surface area contributed by atoms with E-state index in [0.717, 1.165) is 0 Å². The second-order valence-electron chi connectivity index (χ2n) is 2.77. The fraction of sp³-hybridized carbons (Fsp3) is 0.800. The number of rotatable bonds is 1. The van der Waals surface area contributed by atoms with Crippen molar-refractivity contribution in [1.82, 2.24) is 5.48 Å². The lowest BCUT2D eigenvalue weighted by Crippen LogP contribution is -2.32. The summed E-state index contributed by atoms with van der Waals surface area (Å²) in [5.74, 6) is -0.183. The molecular weight excluding hydrogens is 138 g/mol. The number of thiol groups is 1. The minimum atomic E-state index is -0.414. The van der Waals surface area contributed by atoms with Crippen LogP contribution in [0, 0.1) is 5.41 Å². The number of amides is 1. The molecule has 54 valence electrons. The number of nitrogens with one attached hydrogen (secondary N) is 1. The third-order valence-electron chi connectivity index (χ3n) is 0.820. The van der Waals surface area contributed by atoms with Gasteiger partial charge in [-0.3, -0.25) is 4.79 Å². The minimum Gasteiger partial charge on any atom is -0.272 e. The van der Waals surface area contributed by atoms with E-state index in [1.807, 2.05) is 0 Å². The van der Waals surface area contributed by atoms with Gasteiger partial charge in [0.2, 0.25) is 5.91 Å². The molecule has 0 radical (unpaired) electrons. The van der Waals surface area contributed by atoms with E-state index < -0.39 is 5.41 Å². The van der Waals surface area contributed by atoms with Crippen LogP contribution in [0.5, 0.6) is 0 Å². The second-order valence-corrected chi connectivity index (χ2v) is 2.96. The van der Waals surface area contributed by atoms with Crippen LogP contribution >= 0.6 is 12.9 Å². The van der Waals surface area contributed by atoms with E-state index in [0.29, 0.717) is 0 Å². The predicted molar refractivity (Wildman–Crippen MR) is 37.7 cm³/mol. The van der Waals surface area contributed by atoms with Gasteiger partial charge in [0, 0.05) is 18.3 Å². The highest BCUT2D eigenvalue weighted by molar-refractivity contribution is 7.75. The van der Waals surface area contributed by atoms with Crippen LogP contribution in [-0.2, 0) is 9.08 Å². The van der Waals surface area contributed by atoms with E-state index in [2.05, 4.69) is 22.7 Å². The Morgan fingerprint density at radius 1 is 1.56 bits per heavy atom. The Hall–Kier alpha value is -0.220. The molecule has 0 unspecified atom stereocenters. The van der Waals surface area contributed by atoms with Crippen molar-refractivity contribution >= 4 is 18.8 Å². The van der Waals surface area contributed by atoms with E-state index in [-0.39, 0.29) is 5.91 Å². The monoisotopic (exact) mass is 149 g/mol. The summed E-state index contributed by atoms with van der Waals surface area (Å²) in [6.45, 7) is 5.36. The van der Waals surface area contributed by atoms with Crippen LogP contribution in [0.1, 0.15) is 20.8 Å². The van der Waals surface area contributed by atoms with Crippen molar-refractivity contribution in [3.63, 3.8) is 0 Å². The minimum absolute atomic E-state index is 0.183. The van der Waals surface area contributed by atoms with Gasteiger partial charge in [-0.25, -0.2) is 9.76 Å². The van der Waals surface area contributed by atoms with Gasteiger partial charge in [-0.2, -0.15) is 0 Å². The zero-order chi connectivity index (χ0) is 7.49. The molecule has 0 aliphatic rings. The Balaban J connectivity index is 3.74. The van der Waals surface area contributed by atoms with Gasteiger partial charge in [-0.15, -0.1) is 0 Å². The van der Waals surface area contributed by atoms with Crippen molar-refractivity contribution in [2.45, 2.75) is 20.8 Å². The highest BCUT2D eigenvalue weighted by atomic mass is 32.1. The Morgan fingerprint density at radius 2 is 2.00 bits per heavy atom. The van der Waals surface area contributed by atoms with Gasteiger partial charge >= 0.3 is 0 Å². The van der Waals surface area contributed by atoms with E-state index in [4.69, 9.17) is 0 Å². The molecule has 0 bridgehead atoms. The fourth-order valence-electron chi connectivity index (χ4n) is 0.195. The van der Waals surface area contributed by atoms with E-state index in [1.54, 1.807) is 20.8 Å². The average molecular weight is 149 g/mol. The molecule has 1 amide bonds. The molecule has 9 heavy (non-hydrogen) atoms. The molecule has 0 aliphatic heterocycles. The third-order valence-corrected chi connectivity index (χ3v) is 0.911. The van der Waals surface area contributed by atoms with E-state index in [1.165, 1.54) is 0 Å². The van der Waals surface area contributed by atoms with Gasteiger partial charge in [0.15, 0.2) is 0 Å². The van der Waals surface area contributed by atoms with Crippen LogP contribution in [0.3, 0.4) is 0 Å². The average Bonchev–Trinajstić information content (AvgIpc) is 1.64. The SMILES string of the molecule is CC(C)(C)C(=O)NOS. The molecule has 0 atom stereocenters. The molecule has 0 aromatic rings. The standard InChI is InChI=1S/C5H11NO2S/c1-5(2,3)4(7)6-8-9/h9H,1-3H3,(H,6,7). The maximum absolute atomic E-state index is 10.8. The fourth-order valence-corrected chi connectivity index (χ4v) is 0.277. The smallest absolute Gasteiger partial charge is 0.249 e. The van der Waals surface area contributed by atoms with Crippen LogP contribution in [0.15, 0.2) is 0 Å². The van der Waals surface area contributed by atoms with Gasteiger partial charge in [-0.1, -0.05) is 20.8 Å². The van der Waals surface area contributed by atoms with Gasteiger partial charge in [0.05, 0.1) is 0 Å². The summed E-state index contributed by atoms with van der Waals surface area (Å²) in [5.41, 5.74) is 1.70. The Labute approximate surface area is 60.3 Å². The van der Waals surface area contributed by atoms with Crippen LogP contribution in [-0.4, -0.2) is 5.91 Å². The van der Waals surface area contributed by atoms with Gasteiger partial charge in [-0.05, 0) is 0 Å². The summed E-state index contributed by atoms with van der Waals surface area (Å²) in [4.78, 5) is 10.8. The second kappa shape index (κ2) is 3.08. The van der Waals surface area contributed by atoms with Gasteiger partial charge in [0.1, 0.15) is 0 Å². The zero-order valence-electron chi connectivity index (χ0n) is 5.76. The maximum atomic E-state index is 10.8. The molecule has 1 N–H and O–H groups in total. The number of carbonyl (C=O) groups is 1. The summed E-state index contributed by atoms with van der Waals surface area (Å²) in [5, 5.41) is 0. The summed E-state index contributed by atoms with van der Waals surface area (Å²) < 4.78 is 4.13. The lowest BCUT2D eigenvalue weighted by atomic mass is 9.96. The zero-order valence-corrected chi connectivity index (χ0v) is 6.66. The first-order chi connectivity index (χ1) is 3.98. The molecule has 0 saturated heterocycles. The number of hydrogen-bond acceptors (Lipinski definition) is 3. The maximum Gasteiger partial charge on any atom is 0.249 e. The van der Waals surface area contributed by atoms with Crippen LogP contribution in [0.25, 0.3) is 0 Å². The quantitative estimate of drug-likeness (QED) is 0.330. The van der Waals surface area contributed by atoms with Crippen molar-refractivity contribution in [3.05, 3.63) is 0 Å². The number of carbonyl (C=O) groups excluding carboxylic acids is 1. The first-order valence-electron chi connectivity index (χ1n) is 2.59. The highest BCUT2D eigenvalue weighted by Gasteiger charge is 2.20.